The predicted octanol–water partition coefficient (Wildman–Crippen LogP) is 12.3. The van der Waals surface area contributed by atoms with Crippen molar-refractivity contribution in [2.75, 3.05) is 0 Å². The Morgan fingerprint density at radius 2 is 0.900 bits per heavy atom. The van der Waals surface area contributed by atoms with E-state index in [1.165, 1.54) is 38.1 Å². The number of fused-ring (bicyclic) bond motifs is 6. The van der Waals surface area contributed by atoms with E-state index in [1.807, 2.05) is 30.5 Å². The zero-order valence-electron chi connectivity index (χ0n) is 27.1. The highest BCUT2D eigenvalue weighted by Gasteiger charge is 2.17. The first-order chi connectivity index (χ1) is 24.7. The predicted molar refractivity (Wildman–Crippen MR) is 209 cm³/mol. The van der Waals surface area contributed by atoms with E-state index in [2.05, 4.69) is 146 Å². The van der Waals surface area contributed by atoms with Crippen molar-refractivity contribution in [1.29, 1.82) is 0 Å². The summed E-state index contributed by atoms with van der Waals surface area (Å²) in [6.07, 6.45) is 1.98. The highest BCUT2D eigenvalue weighted by molar-refractivity contribution is 6.16. The van der Waals surface area contributed by atoms with Gasteiger partial charge in [0, 0.05) is 33.5 Å². The number of rotatable bonds is 4. The smallest absolute Gasteiger partial charge is 0.0893 e. The minimum absolute atomic E-state index is 0.843. The van der Waals surface area contributed by atoms with Crippen LogP contribution in [0.15, 0.2) is 176 Å². The van der Waals surface area contributed by atoms with Crippen LogP contribution in [0.2, 0.25) is 0 Å². The molecule has 0 saturated carbocycles. The molecular weight excluding hydrogens is 607 g/mol. The minimum Gasteiger partial charge on any atom is -0.254 e. The van der Waals surface area contributed by atoms with Crippen LogP contribution in [0.4, 0.5) is 0 Å². The molecule has 0 unspecified atom stereocenters. The minimum atomic E-state index is 0.843. The van der Waals surface area contributed by atoms with Gasteiger partial charge in [0.25, 0.3) is 0 Å². The van der Waals surface area contributed by atoms with Gasteiger partial charge in [0.2, 0.25) is 0 Å². The monoisotopic (exact) mass is 635 g/mol. The lowest BCUT2D eigenvalue weighted by Crippen LogP contribution is -1.94. The van der Waals surface area contributed by atoms with Gasteiger partial charge in [-0.3, -0.25) is 4.98 Å². The van der Waals surface area contributed by atoms with Gasteiger partial charge in [-0.05, 0) is 86.1 Å². The van der Waals surface area contributed by atoms with Crippen LogP contribution < -0.4 is 0 Å². The molecule has 0 aliphatic rings. The Morgan fingerprint density at radius 3 is 1.66 bits per heavy atom. The Kier molecular flexibility index (Phi) is 6.49. The number of para-hydroxylation sites is 1. The highest BCUT2D eigenvalue weighted by Crippen LogP contribution is 2.41. The molecule has 10 aromatic rings. The van der Waals surface area contributed by atoms with Gasteiger partial charge >= 0.3 is 0 Å². The molecule has 0 amide bonds. The van der Waals surface area contributed by atoms with Gasteiger partial charge in [-0.1, -0.05) is 127 Å². The Hall–Kier alpha value is -6.71. The molecule has 3 heterocycles. The van der Waals surface area contributed by atoms with Crippen molar-refractivity contribution in [3.63, 3.8) is 0 Å². The maximum absolute atomic E-state index is 5.41. The van der Waals surface area contributed by atoms with Crippen molar-refractivity contribution in [3.8, 4) is 44.9 Å². The molecule has 0 spiro atoms. The summed E-state index contributed by atoms with van der Waals surface area (Å²) in [7, 11) is 0. The van der Waals surface area contributed by atoms with E-state index in [1.54, 1.807) is 0 Å². The molecular formula is C47H29N3. The number of hydrogen-bond donors (Lipinski definition) is 0. The molecule has 0 atom stereocenters. The SMILES string of the molecule is c1ccc2cc(-c3cc(-c4ccc(-c5ccc6ccccc6n5)nc4)c4cc(-c5ccc6ccccc6c5)c5ccccc5c4n3)ccc2c1. The number of nitrogens with zero attached hydrogens (tertiary/aromatic N) is 3. The molecule has 3 nitrogen and oxygen atoms in total. The standard InChI is InChI=1S/C47H29N3/c1-3-12-33-25-35(19-17-30(33)9-1)40-27-42-41(37-22-23-44(48-29-37)45-24-21-32-11-5-8-16-43(32)49-45)28-46(50-47(42)39-15-7-6-14-38(39)40)36-20-18-31-10-2-4-13-34(31)26-36/h1-29H. The van der Waals surface area contributed by atoms with Gasteiger partial charge in [0.1, 0.15) is 0 Å². The lowest BCUT2D eigenvalue weighted by Gasteiger charge is -2.16. The largest absolute Gasteiger partial charge is 0.254 e. The first-order valence-electron chi connectivity index (χ1n) is 16.9. The van der Waals surface area contributed by atoms with E-state index >= 15 is 0 Å². The third-order valence-electron chi connectivity index (χ3n) is 9.86. The van der Waals surface area contributed by atoms with Crippen LogP contribution in [0, 0.1) is 0 Å². The fraction of sp³-hybridized carbons (Fsp3) is 0. The first kappa shape index (κ1) is 28.3. The molecule has 3 aromatic heterocycles. The molecule has 50 heavy (non-hydrogen) atoms. The van der Waals surface area contributed by atoms with Crippen molar-refractivity contribution < 1.29 is 0 Å². The normalized spacial score (nSPS) is 11.6. The third kappa shape index (κ3) is 4.79. The van der Waals surface area contributed by atoms with Gasteiger partial charge < -0.3 is 0 Å². The number of hydrogen-bond acceptors (Lipinski definition) is 3. The summed E-state index contributed by atoms with van der Waals surface area (Å²) in [5.41, 5.74) is 10.1. The molecule has 0 aliphatic heterocycles. The van der Waals surface area contributed by atoms with Crippen molar-refractivity contribution in [3.05, 3.63) is 176 Å². The van der Waals surface area contributed by atoms with Crippen LogP contribution in [-0.4, -0.2) is 15.0 Å². The second kappa shape index (κ2) is 11.5. The van der Waals surface area contributed by atoms with Crippen LogP contribution in [0.3, 0.4) is 0 Å². The lowest BCUT2D eigenvalue weighted by molar-refractivity contribution is 1.28. The van der Waals surface area contributed by atoms with Crippen LogP contribution in [0.5, 0.6) is 0 Å². The fourth-order valence-corrected chi connectivity index (χ4v) is 7.30. The third-order valence-corrected chi connectivity index (χ3v) is 9.86. The van der Waals surface area contributed by atoms with E-state index in [9.17, 15) is 0 Å². The maximum Gasteiger partial charge on any atom is 0.0893 e. The number of benzene rings is 7. The van der Waals surface area contributed by atoms with Crippen LogP contribution in [-0.2, 0) is 0 Å². The molecule has 7 aromatic carbocycles. The van der Waals surface area contributed by atoms with Crippen molar-refractivity contribution in [1.82, 2.24) is 15.0 Å². The van der Waals surface area contributed by atoms with Gasteiger partial charge in [-0.25, -0.2) is 9.97 Å². The summed E-state index contributed by atoms with van der Waals surface area (Å²) in [5.74, 6) is 0. The van der Waals surface area contributed by atoms with Crippen molar-refractivity contribution in [2.24, 2.45) is 0 Å². The van der Waals surface area contributed by atoms with Gasteiger partial charge in [0.15, 0.2) is 0 Å². The number of pyridine rings is 3. The van der Waals surface area contributed by atoms with Crippen LogP contribution >= 0.6 is 0 Å². The summed E-state index contributed by atoms with van der Waals surface area (Å²) >= 11 is 0. The van der Waals surface area contributed by atoms with Gasteiger partial charge in [-0.2, -0.15) is 0 Å². The Morgan fingerprint density at radius 1 is 0.320 bits per heavy atom. The molecule has 0 N–H and O–H groups in total. The molecule has 0 bridgehead atoms. The summed E-state index contributed by atoms with van der Waals surface area (Å²) in [6.45, 7) is 0. The average molecular weight is 636 g/mol. The Balaban J connectivity index is 1.21. The van der Waals surface area contributed by atoms with E-state index in [4.69, 9.17) is 15.0 Å². The summed E-state index contributed by atoms with van der Waals surface area (Å²) < 4.78 is 0. The van der Waals surface area contributed by atoms with E-state index in [0.717, 1.165) is 61.0 Å². The summed E-state index contributed by atoms with van der Waals surface area (Å²) in [6, 6.07) is 60.2. The van der Waals surface area contributed by atoms with Crippen LogP contribution in [0.25, 0.3) is 99.0 Å². The van der Waals surface area contributed by atoms with E-state index < -0.39 is 0 Å². The molecule has 10 rings (SSSR count). The van der Waals surface area contributed by atoms with E-state index in [0.29, 0.717) is 0 Å². The van der Waals surface area contributed by atoms with Crippen molar-refractivity contribution >= 4 is 54.1 Å². The second-order valence-electron chi connectivity index (χ2n) is 12.9. The number of aromatic nitrogens is 3. The Labute approximate surface area is 289 Å². The quantitative estimate of drug-likeness (QED) is 0.181. The topological polar surface area (TPSA) is 38.7 Å². The van der Waals surface area contributed by atoms with Gasteiger partial charge in [-0.15, -0.1) is 0 Å². The van der Waals surface area contributed by atoms with E-state index in [-0.39, 0.29) is 0 Å². The maximum atomic E-state index is 5.41. The molecule has 232 valence electrons. The molecule has 0 aliphatic carbocycles. The first-order valence-corrected chi connectivity index (χ1v) is 16.9. The second-order valence-corrected chi connectivity index (χ2v) is 12.9. The molecule has 0 fully saturated rings. The highest BCUT2D eigenvalue weighted by atomic mass is 14.8. The molecule has 3 heteroatoms. The lowest BCUT2D eigenvalue weighted by atomic mass is 9.90. The molecule has 0 saturated heterocycles. The van der Waals surface area contributed by atoms with Crippen molar-refractivity contribution in [2.45, 2.75) is 0 Å². The zero-order chi connectivity index (χ0) is 33.0. The summed E-state index contributed by atoms with van der Waals surface area (Å²) in [5, 5.41) is 9.38. The molecule has 0 radical (unpaired) electrons. The zero-order valence-corrected chi connectivity index (χ0v) is 27.1. The van der Waals surface area contributed by atoms with Crippen LogP contribution in [0.1, 0.15) is 0 Å². The van der Waals surface area contributed by atoms with Gasteiger partial charge in [0.05, 0.1) is 28.1 Å². The average Bonchev–Trinajstić information content (AvgIpc) is 3.19. The fourth-order valence-electron chi connectivity index (χ4n) is 7.30. The summed E-state index contributed by atoms with van der Waals surface area (Å²) in [4.78, 5) is 15.3. The Bertz CT molecular complexity index is 2930.